The van der Waals surface area contributed by atoms with E-state index in [0.29, 0.717) is 0 Å². The average molecular weight is 717 g/mol. The average Bonchev–Trinajstić information content (AvgIpc) is 3.99. The first kappa shape index (κ1) is 29.4. The maximum atomic E-state index is 5.59. The fourth-order valence-electron chi connectivity index (χ4n) is 9.22. The summed E-state index contributed by atoms with van der Waals surface area (Å²) < 4.78 is 7.22. The van der Waals surface area contributed by atoms with E-state index in [9.17, 15) is 0 Å². The van der Waals surface area contributed by atoms with Crippen molar-refractivity contribution < 1.29 is 0 Å². The minimum atomic E-state index is 0.725. The van der Waals surface area contributed by atoms with Gasteiger partial charge in [-0.3, -0.25) is 4.57 Å². The van der Waals surface area contributed by atoms with Crippen molar-refractivity contribution in [2.75, 3.05) is 0 Å². The monoisotopic (exact) mass is 716 g/mol. The Kier molecular flexibility index (Phi) is 5.74. The van der Waals surface area contributed by atoms with E-state index in [4.69, 9.17) is 9.97 Å². The number of hydrogen-bond donors (Lipinski definition) is 0. The Hall–Kier alpha value is -7.08. The molecule has 0 atom stereocenters. The molecule has 5 heteroatoms. The first-order valence-corrected chi connectivity index (χ1v) is 19.5. The highest BCUT2D eigenvalue weighted by Crippen LogP contribution is 2.48. The summed E-state index contributed by atoms with van der Waals surface area (Å²) in [5.41, 5.74) is 10.4. The molecule has 254 valence electrons. The Morgan fingerprint density at radius 2 is 1.11 bits per heavy atom. The lowest BCUT2D eigenvalue weighted by molar-refractivity contribution is 1.09. The number of aromatic nitrogens is 4. The lowest BCUT2D eigenvalue weighted by Gasteiger charge is -2.12. The quantitative estimate of drug-likeness (QED) is 0.182. The van der Waals surface area contributed by atoms with Crippen LogP contribution in [0, 0.1) is 0 Å². The Morgan fingerprint density at radius 1 is 0.418 bits per heavy atom. The third-order valence-electron chi connectivity index (χ3n) is 11.6. The number of rotatable bonds is 3. The van der Waals surface area contributed by atoms with Gasteiger partial charge in [-0.1, -0.05) is 127 Å². The number of thiophene rings is 1. The summed E-state index contributed by atoms with van der Waals surface area (Å²) in [7, 11) is 0. The second-order valence-corrected chi connectivity index (χ2v) is 15.6. The largest absolute Gasteiger partial charge is 0.308 e. The standard InChI is InChI=1S/C50H28N4S/c1-2-12-29(13-3-1)32-24-25-42-37(27-32)39-28-38-34-16-6-9-19-40(34)54(47(38)44-35-17-7-10-20-41(35)53(42)46(39)44)50-48-45(36-18-8-11-21-43(36)55-48)51-49(52-50)33-23-22-30-14-4-5-15-31(30)26-33/h1-28H. The van der Waals surface area contributed by atoms with Crippen molar-refractivity contribution >= 4 is 102 Å². The van der Waals surface area contributed by atoms with E-state index < -0.39 is 0 Å². The molecule has 0 amide bonds. The summed E-state index contributed by atoms with van der Waals surface area (Å²) in [6.45, 7) is 0. The molecule has 0 N–H and O–H groups in total. The van der Waals surface area contributed by atoms with Gasteiger partial charge in [0.05, 0.1) is 37.8 Å². The first-order chi connectivity index (χ1) is 27.3. The van der Waals surface area contributed by atoms with Crippen molar-refractivity contribution in [2.24, 2.45) is 0 Å². The van der Waals surface area contributed by atoms with Gasteiger partial charge in [0.1, 0.15) is 0 Å². The van der Waals surface area contributed by atoms with Crippen LogP contribution in [0.15, 0.2) is 170 Å². The van der Waals surface area contributed by atoms with Crippen LogP contribution in [0.2, 0.25) is 0 Å². The Morgan fingerprint density at radius 3 is 2.00 bits per heavy atom. The highest BCUT2D eigenvalue weighted by Gasteiger charge is 2.27. The lowest BCUT2D eigenvalue weighted by Crippen LogP contribution is -2.01. The van der Waals surface area contributed by atoms with Gasteiger partial charge < -0.3 is 4.40 Å². The Balaban J connectivity index is 1.22. The lowest BCUT2D eigenvalue weighted by atomic mass is 10.00. The van der Waals surface area contributed by atoms with E-state index in [1.54, 1.807) is 11.3 Å². The molecule has 0 saturated carbocycles. The summed E-state index contributed by atoms with van der Waals surface area (Å²) in [5.74, 6) is 1.64. The van der Waals surface area contributed by atoms with Crippen molar-refractivity contribution in [1.82, 2.24) is 18.9 Å². The molecule has 0 saturated heterocycles. The van der Waals surface area contributed by atoms with E-state index >= 15 is 0 Å². The second-order valence-electron chi connectivity index (χ2n) is 14.6. The second kappa shape index (κ2) is 10.8. The van der Waals surface area contributed by atoms with Crippen LogP contribution in [0.3, 0.4) is 0 Å². The minimum absolute atomic E-state index is 0.725. The van der Waals surface area contributed by atoms with Gasteiger partial charge in [0.2, 0.25) is 0 Å². The molecular formula is C50H28N4S. The molecule has 13 rings (SSSR count). The highest BCUT2D eigenvalue weighted by molar-refractivity contribution is 7.26. The van der Waals surface area contributed by atoms with E-state index in [1.165, 1.54) is 81.0 Å². The van der Waals surface area contributed by atoms with Gasteiger partial charge >= 0.3 is 0 Å². The van der Waals surface area contributed by atoms with Crippen molar-refractivity contribution in [3.8, 4) is 28.3 Å². The number of hydrogen-bond acceptors (Lipinski definition) is 3. The minimum Gasteiger partial charge on any atom is -0.308 e. The molecule has 55 heavy (non-hydrogen) atoms. The maximum absolute atomic E-state index is 5.59. The molecule has 0 spiro atoms. The molecule has 4 nitrogen and oxygen atoms in total. The van der Waals surface area contributed by atoms with E-state index in [1.807, 2.05) is 0 Å². The topological polar surface area (TPSA) is 35.1 Å². The van der Waals surface area contributed by atoms with Gasteiger partial charge in [-0.15, -0.1) is 11.3 Å². The number of benzene rings is 8. The van der Waals surface area contributed by atoms with Gasteiger partial charge in [0, 0.05) is 48.0 Å². The normalized spacial score (nSPS) is 12.4. The van der Waals surface area contributed by atoms with Crippen molar-refractivity contribution in [3.05, 3.63) is 170 Å². The van der Waals surface area contributed by atoms with Crippen LogP contribution in [-0.2, 0) is 0 Å². The van der Waals surface area contributed by atoms with E-state index in [0.717, 1.165) is 38.3 Å². The van der Waals surface area contributed by atoms with E-state index in [2.05, 4.69) is 179 Å². The molecule has 0 unspecified atom stereocenters. The summed E-state index contributed by atoms with van der Waals surface area (Å²) >= 11 is 1.78. The molecule has 0 aliphatic heterocycles. The van der Waals surface area contributed by atoms with Crippen molar-refractivity contribution in [3.63, 3.8) is 0 Å². The number of nitrogens with zero attached hydrogens (tertiary/aromatic N) is 4. The predicted octanol–water partition coefficient (Wildman–Crippen LogP) is 13.6. The summed E-state index contributed by atoms with van der Waals surface area (Å²) in [4.78, 5) is 10.9. The summed E-state index contributed by atoms with van der Waals surface area (Å²) in [5, 5.41) is 11.0. The number of fused-ring (bicyclic) bond motifs is 14. The third kappa shape index (κ3) is 3.94. The third-order valence-corrected chi connectivity index (χ3v) is 12.8. The fourth-order valence-corrected chi connectivity index (χ4v) is 10.3. The smallest absolute Gasteiger partial charge is 0.162 e. The predicted molar refractivity (Wildman–Crippen MR) is 232 cm³/mol. The van der Waals surface area contributed by atoms with Crippen LogP contribution >= 0.6 is 11.3 Å². The van der Waals surface area contributed by atoms with Crippen LogP contribution in [0.4, 0.5) is 0 Å². The molecule has 0 fully saturated rings. The maximum Gasteiger partial charge on any atom is 0.162 e. The summed E-state index contributed by atoms with van der Waals surface area (Å²) in [6, 6.07) is 61.5. The van der Waals surface area contributed by atoms with Gasteiger partial charge in [-0.2, -0.15) is 0 Å². The molecule has 0 aliphatic carbocycles. The zero-order valence-electron chi connectivity index (χ0n) is 29.4. The Labute approximate surface area is 318 Å². The van der Waals surface area contributed by atoms with Gasteiger partial charge in [-0.25, -0.2) is 9.97 Å². The van der Waals surface area contributed by atoms with Crippen LogP contribution in [0.5, 0.6) is 0 Å². The molecule has 0 radical (unpaired) electrons. The highest BCUT2D eigenvalue weighted by atomic mass is 32.1. The van der Waals surface area contributed by atoms with E-state index in [-0.39, 0.29) is 0 Å². The van der Waals surface area contributed by atoms with Gasteiger partial charge in [-0.05, 0) is 64.4 Å². The van der Waals surface area contributed by atoms with Gasteiger partial charge in [0.25, 0.3) is 0 Å². The zero-order chi connectivity index (χ0) is 35.8. The van der Waals surface area contributed by atoms with Crippen molar-refractivity contribution in [1.29, 1.82) is 0 Å². The molecule has 0 aliphatic rings. The molecular weight excluding hydrogens is 689 g/mol. The Bertz CT molecular complexity index is 3720. The number of para-hydroxylation sites is 2. The van der Waals surface area contributed by atoms with Crippen LogP contribution in [-0.4, -0.2) is 18.9 Å². The molecule has 13 aromatic rings. The molecule has 8 aromatic carbocycles. The fraction of sp³-hybridized carbons (Fsp3) is 0. The molecule has 5 aromatic heterocycles. The SMILES string of the molecule is c1ccc(-c2ccc3c(c2)c2cc4c5ccccc5n(-c5nc(-c6ccc7ccccc7c6)nc6c5sc5ccccc56)c4c4c5ccccc5n3c24)cc1. The molecule has 0 bridgehead atoms. The van der Waals surface area contributed by atoms with Crippen LogP contribution < -0.4 is 0 Å². The first-order valence-electron chi connectivity index (χ1n) is 18.7. The summed E-state index contributed by atoms with van der Waals surface area (Å²) in [6.07, 6.45) is 0. The van der Waals surface area contributed by atoms with Crippen molar-refractivity contribution in [2.45, 2.75) is 0 Å². The van der Waals surface area contributed by atoms with Gasteiger partial charge in [0.15, 0.2) is 11.6 Å². The molecule has 5 heterocycles. The zero-order valence-corrected chi connectivity index (χ0v) is 30.2. The van der Waals surface area contributed by atoms with Crippen LogP contribution in [0.1, 0.15) is 0 Å². The van der Waals surface area contributed by atoms with Crippen LogP contribution in [0.25, 0.3) is 119 Å².